The third-order valence-corrected chi connectivity index (χ3v) is 3.90. The molecule has 0 saturated carbocycles. The second-order valence-electron chi connectivity index (χ2n) is 5.31. The molecule has 0 unspecified atom stereocenters. The molecular weight excluding hydrogens is 260 g/mol. The molecular formula is C15H21ClN2O. The van der Waals surface area contributed by atoms with Crippen molar-refractivity contribution in [3.05, 3.63) is 34.3 Å². The lowest BCUT2D eigenvalue weighted by Crippen LogP contribution is -2.40. The molecule has 0 atom stereocenters. The highest BCUT2D eigenvalue weighted by Gasteiger charge is 2.23. The zero-order chi connectivity index (χ0) is 13.8. The van der Waals surface area contributed by atoms with E-state index in [0.29, 0.717) is 16.5 Å². The van der Waals surface area contributed by atoms with Crippen LogP contribution in [0, 0.1) is 12.8 Å². The van der Waals surface area contributed by atoms with E-state index in [0.717, 1.165) is 38.0 Å². The maximum Gasteiger partial charge on any atom is 0.253 e. The van der Waals surface area contributed by atoms with E-state index >= 15 is 0 Å². The van der Waals surface area contributed by atoms with Crippen LogP contribution in [0.4, 0.5) is 0 Å². The van der Waals surface area contributed by atoms with Crippen molar-refractivity contribution < 1.29 is 4.79 Å². The van der Waals surface area contributed by atoms with E-state index in [1.807, 2.05) is 31.0 Å². The number of nitrogens with one attached hydrogen (secondary N) is 1. The van der Waals surface area contributed by atoms with Gasteiger partial charge in [0.15, 0.2) is 0 Å². The SMILES string of the molecule is CNCC1CCN(C(=O)c2cc(C)cc(Cl)c2)CC1. The number of rotatable bonds is 3. The van der Waals surface area contributed by atoms with Crippen LogP contribution in [0.2, 0.25) is 5.02 Å². The Morgan fingerprint density at radius 3 is 2.63 bits per heavy atom. The minimum absolute atomic E-state index is 0.105. The molecule has 1 N–H and O–H groups in total. The van der Waals surface area contributed by atoms with Gasteiger partial charge in [-0.25, -0.2) is 0 Å². The molecule has 1 aromatic carbocycles. The topological polar surface area (TPSA) is 32.3 Å². The molecule has 2 rings (SSSR count). The Morgan fingerprint density at radius 2 is 2.05 bits per heavy atom. The van der Waals surface area contributed by atoms with E-state index in [-0.39, 0.29) is 5.91 Å². The first-order chi connectivity index (χ1) is 9.10. The number of amides is 1. The Morgan fingerprint density at radius 1 is 1.37 bits per heavy atom. The molecule has 4 heteroatoms. The van der Waals surface area contributed by atoms with Crippen LogP contribution in [0.5, 0.6) is 0 Å². The Balaban J connectivity index is 2.01. The standard InChI is InChI=1S/C15H21ClN2O/c1-11-7-13(9-14(16)8-11)15(19)18-5-3-12(4-6-18)10-17-2/h7-9,12,17H,3-6,10H2,1-2H3. The first-order valence-corrected chi connectivity index (χ1v) is 7.19. The minimum Gasteiger partial charge on any atom is -0.339 e. The van der Waals surface area contributed by atoms with Crippen molar-refractivity contribution in [2.45, 2.75) is 19.8 Å². The van der Waals surface area contributed by atoms with E-state index in [4.69, 9.17) is 11.6 Å². The van der Waals surface area contributed by atoms with E-state index in [2.05, 4.69) is 5.32 Å². The van der Waals surface area contributed by atoms with Crippen molar-refractivity contribution >= 4 is 17.5 Å². The van der Waals surface area contributed by atoms with Crippen molar-refractivity contribution in [1.29, 1.82) is 0 Å². The summed E-state index contributed by atoms with van der Waals surface area (Å²) in [6.07, 6.45) is 2.15. The second-order valence-corrected chi connectivity index (χ2v) is 5.75. The predicted octanol–water partition coefficient (Wildman–Crippen LogP) is 2.72. The van der Waals surface area contributed by atoms with Crippen molar-refractivity contribution in [2.24, 2.45) is 5.92 Å². The lowest BCUT2D eigenvalue weighted by atomic mass is 9.96. The van der Waals surface area contributed by atoms with Crippen LogP contribution >= 0.6 is 11.6 Å². The molecule has 0 bridgehead atoms. The van der Waals surface area contributed by atoms with Gasteiger partial charge >= 0.3 is 0 Å². The van der Waals surface area contributed by atoms with Gasteiger partial charge in [0.1, 0.15) is 0 Å². The largest absolute Gasteiger partial charge is 0.339 e. The maximum atomic E-state index is 12.4. The van der Waals surface area contributed by atoms with Gasteiger partial charge in [0.2, 0.25) is 0 Å². The summed E-state index contributed by atoms with van der Waals surface area (Å²) in [4.78, 5) is 14.4. The normalized spacial score (nSPS) is 16.7. The quantitative estimate of drug-likeness (QED) is 0.923. The van der Waals surface area contributed by atoms with E-state index in [9.17, 15) is 4.79 Å². The van der Waals surface area contributed by atoms with Gasteiger partial charge in [-0.05, 0) is 63.0 Å². The number of piperidine rings is 1. The molecule has 0 spiro atoms. The number of hydrogen-bond donors (Lipinski definition) is 1. The fraction of sp³-hybridized carbons (Fsp3) is 0.533. The number of halogens is 1. The van der Waals surface area contributed by atoms with Gasteiger partial charge in [-0.3, -0.25) is 4.79 Å². The zero-order valence-electron chi connectivity index (χ0n) is 11.6. The highest BCUT2D eigenvalue weighted by Crippen LogP contribution is 2.20. The summed E-state index contributed by atoms with van der Waals surface area (Å²) in [5.41, 5.74) is 1.73. The van der Waals surface area contributed by atoms with Crippen LogP contribution in [0.25, 0.3) is 0 Å². The number of nitrogens with zero attached hydrogens (tertiary/aromatic N) is 1. The second kappa shape index (κ2) is 6.40. The van der Waals surface area contributed by atoms with Gasteiger partial charge in [0.25, 0.3) is 5.91 Å². The Kier molecular flexibility index (Phi) is 4.83. The molecule has 104 valence electrons. The summed E-state index contributed by atoms with van der Waals surface area (Å²) < 4.78 is 0. The number of benzene rings is 1. The van der Waals surface area contributed by atoms with E-state index in [1.54, 1.807) is 6.07 Å². The van der Waals surface area contributed by atoms with Gasteiger partial charge in [0, 0.05) is 23.7 Å². The summed E-state index contributed by atoms with van der Waals surface area (Å²) in [5.74, 6) is 0.795. The van der Waals surface area contributed by atoms with Crippen molar-refractivity contribution in [3.63, 3.8) is 0 Å². The fourth-order valence-electron chi connectivity index (χ4n) is 2.67. The van der Waals surface area contributed by atoms with Gasteiger partial charge in [-0.15, -0.1) is 0 Å². The molecule has 0 radical (unpaired) electrons. The van der Waals surface area contributed by atoms with Crippen LogP contribution in [0.1, 0.15) is 28.8 Å². The van der Waals surface area contributed by atoms with Gasteiger partial charge < -0.3 is 10.2 Å². The molecule has 1 aromatic rings. The highest BCUT2D eigenvalue weighted by molar-refractivity contribution is 6.31. The molecule has 1 amide bonds. The molecule has 1 aliphatic heterocycles. The summed E-state index contributed by atoms with van der Waals surface area (Å²) in [5, 5.41) is 3.84. The summed E-state index contributed by atoms with van der Waals surface area (Å²) in [7, 11) is 1.98. The number of aryl methyl sites for hydroxylation is 1. The van der Waals surface area contributed by atoms with Crippen molar-refractivity contribution in [2.75, 3.05) is 26.7 Å². The van der Waals surface area contributed by atoms with E-state index in [1.165, 1.54) is 0 Å². The predicted molar refractivity (Wildman–Crippen MR) is 78.7 cm³/mol. The third-order valence-electron chi connectivity index (χ3n) is 3.68. The smallest absolute Gasteiger partial charge is 0.253 e. The Labute approximate surface area is 119 Å². The van der Waals surface area contributed by atoms with Gasteiger partial charge in [0.05, 0.1) is 0 Å². The lowest BCUT2D eigenvalue weighted by Gasteiger charge is -2.32. The first-order valence-electron chi connectivity index (χ1n) is 6.81. The molecule has 3 nitrogen and oxygen atoms in total. The summed E-state index contributed by atoms with van der Waals surface area (Å²) in [6.45, 7) is 4.69. The zero-order valence-corrected chi connectivity index (χ0v) is 12.3. The number of carbonyl (C=O) groups excluding carboxylic acids is 1. The van der Waals surface area contributed by atoms with Crippen LogP contribution in [-0.4, -0.2) is 37.5 Å². The fourth-order valence-corrected chi connectivity index (χ4v) is 2.96. The third kappa shape index (κ3) is 3.71. The summed E-state index contributed by atoms with van der Waals surface area (Å²) in [6, 6.07) is 5.54. The monoisotopic (exact) mass is 280 g/mol. The van der Waals surface area contributed by atoms with Crippen molar-refractivity contribution in [3.8, 4) is 0 Å². The van der Waals surface area contributed by atoms with Gasteiger partial charge in [-0.2, -0.15) is 0 Å². The average Bonchev–Trinajstić information content (AvgIpc) is 2.38. The van der Waals surface area contributed by atoms with Gasteiger partial charge in [-0.1, -0.05) is 11.6 Å². The molecule has 1 saturated heterocycles. The number of hydrogen-bond acceptors (Lipinski definition) is 2. The minimum atomic E-state index is 0.105. The molecule has 1 heterocycles. The Bertz CT molecular complexity index is 433. The molecule has 1 fully saturated rings. The molecule has 0 aromatic heterocycles. The molecule has 19 heavy (non-hydrogen) atoms. The van der Waals surface area contributed by atoms with Crippen LogP contribution in [-0.2, 0) is 0 Å². The highest BCUT2D eigenvalue weighted by atomic mass is 35.5. The summed E-state index contributed by atoms with van der Waals surface area (Å²) >= 11 is 6.02. The first kappa shape index (κ1) is 14.4. The number of likely N-dealkylation sites (tertiary alicyclic amines) is 1. The molecule has 1 aliphatic rings. The Hall–Kier alpha value is -1.06. The molecule has 0 aliphatic carbocycles. The lowest BCUT2D eigenvalue weighted by molar-refractivity contribution is 0.0691. The van der Waals surface area contributed by atoms with E-state index < -0.39 is 0 Å². The maximum absolute atomic E-state index is 12.4. The number of carbonyl (C=O) groups is 1. The van der Waals surface area contributed by atoms with Crippen molar-refractivity contribution in [1.82, 2.24) is 10.2 Å². The van der Waals surface area contributed by atoms with Crippen LogP contribution < -0.4 is 5.32 Å². The average molecular weight is 281 g/mol. The van der Waals surface area contributed by atoms with Crippen LogP contribution in [0.15, 0.2) is 18.2 Å². The van der Waals surface area contributed by atoms with Crippen LogP contribution in [0.3, 0.4) is 0 Å².